The van der Waals surface area contributed by atoms with E-state index in [4.69, 9.17) is 0 Å². The topological polar surface area (TPSA) is 29.1 Å². The van der Waals surface area contributed by atoms with Gasteiger partial charge in [0.25, 0.3) is 5.91 Å². The fourth-order valence-electron chi connectivity index (χ4n) is 2.69. The Labute approximate surface area is 116 Å². The number of rotatable bonds is 3. The molecule has 1 aliphatic rings. The smallest absolute Gasteiger partial charge is 0.251 e. The number of hydrogen-bond donors (Lipinski definition) is 1. The van der Waals surface area contributed by atoms with Crippen molar-refractivity contribution < 1.29 is 4.79 Å². The second-order valence-corrected chi connectivity index (χ2v) is 6.21. The van der Waals surface area contributed by atoms with Crippen molar-refractivity contribution in [2.24, 2.45) is 5.92 Å². The quantitative estimate of drug-likeness (QED) is 0.869. The first kappa shape index (κ1) is 14.1. The van der Waals surface area contributed by atoms with Crippen LogP contribution in [0.3, 0.4) is 0 Å². The number of benzene rings is 1. The predicted octanol–water partition coefficient (Wildman–Crippen LogP) is 4.12. The summed E-state index contributed by atoms with van der Waals surface area (Å²) in [5.41, 5.74) is 2.06. The molecule has 2 nitrogen and oxygen atoms in total. The molecule has 0 radical (unpaired) electrons. The van der Waals surface area contributed by atoms with Crippen LogP contribution in [0.4, 0.5) is 0 Å². The van der Waals surface area contributed by atoms with E-state index in [-0.39, 0.29) is 5.91 Å². The molecule has 104 valence electrons. The highest BCUT2D eigenvalue weighted by atomic mass is 16.1. The van der Waals surface area contributed by atoms with Crippen molar-refractivity contribution in [1.82, 2.24) is 5.32 Å². The molecule has 0 heterocycles. The van der Waals surface area contributed by atoms with Crippen molar-refractivity contribution in [3.63, 3.8) is 0 Å². The van der Waals surface area contributed by atoms with E-state index in [1.807, 2.05) is 12.1 Å². The van der Waals surface area contributed by atoms with Crippen LogP contribution in [0.15, 0.2) is 24.3 Å². The number of hydrogen-bond acceptors (Lipinski definition) is 1. The summed E-state index contributed by atoms with van der Waals surface area (Å²) < 4.78 is 0. The molecule has 1 N–H and O–H groups in total. The molecule has 2 heteroatoms. The molecule has 0 saturated heterocycles. The molecular weight excluding hydrogens is 234 g/mol. The highest BCUT2D eigenvalue weighted by Crippen LogP contribution is 2.23. The largest absolute Gasteiger partial charge is 0.349 e. The maximum atomic E-state index is 12.2. The van der Waals surface area contributed by atoms with Gasteiger partial charge in [-0.2, -0.15) is 0 Å². The third-order valence-electron chi connectivity index (χ3n) is 4.19. The first-order valence-corrected chi connectivity index (χ1v) is 7.47. The van der Waals surface area contributed by atoms with Crippen molar-refractivity contribution in [2.75, 3.05) is 0 Å². The average Bonchev–Trinajstić information content (AvgIpc) is 2.41. The third kappa shape index (κ3) is 3.82. The van der Waals surface area contributed by atoms with Gasteiger partial charge < -0.3 is 5.32 Å². The van der Waals surface area contributed by atoms with Crippen LogP contribution in [-0.4, -0.2) is 11.9 Å². The monoisotopic (exact) mass is 259 g/mol. The molecule has 1 saturated carbocycles. The lowest BCUT2D eigenvalue weighted by Gasteiger charge is -2.26. The minimum Gasteiger partial charge on any atom is -0.349 e. The fraction of sp³-hybridized carbons (Fsp3) is 0.588. The molecule has 1 fully saturated rings. The third-order valence-corrected chi connectivity index (χ3v) is 4.19. The molecule has 1 aromatic rings. The SMILES string of the molecule is CC1CCC(NC(=O)c2ccc(C(C)C)cc2)CC1. The van der Waals surface area contributed by atoms with E-state index in [1.165, 1.54) is 18.4 Å². The molecule has 0 bridgehead atoms. The molecule has 0 aromatic heterocycles. The summed E-state index contributed by atoms with van der Waals surface area (Å²) in [4.78, 5) is 12.2. The van der Waals surface area contributed by atoms with Crippen molar-refractivity contribution in [3.8, 4) is 0 Å². The maximum Gasteiger partial charge on any atom is 0.251 e. The van der Waals surface area contributed by atoms with Gasteiger partial charge in [-0.05, 0) is 55.2 Å². The summed E-state index contributed by atoms with van der Waals surface area (Å²) >= 11 is 0. The van der Waals surface area contributed by atoms with E-state index < -0.39 is 0 Å². The highest BCUT2D eigenvalue weighted by Gasteiger charge is 2.20. The van der Waals surface area contributed by atoms with E-state index in [0.29, 0.717) is 12.0 Å². The first-order chi connectivity index (χ1) is 9.06. The van der Waals surface area contributed by atoms with Gasteiger partial charge in [-0.25, -0.2) is 0 Å². The Kier molecular flexibility index (Phi) is 4.62. The first-order valence-electron chi connectivity index (χ1n) is 7.47. The van der Waals surface area contributed by atoms with Gasteiger partial charge >= 0.3 is 0 Å². The van der Waals surface area contributed by atoms with Gasteiger partial charge in [-0.15, -0.1) is 0 Å². The highest BCUT2D eigenvalue weighted by molar-refractivity contribution is 5.94. The maximum absolute atomic E-state index is 12.2. The van der Waals surface area contributed by atoms with Crippen molar-refractivity contribution >= 4 is 5.91 Å². The molecule has 1 amide bonds. The van der Waals surface area contributed by atoms with Crippen LogP contribution in [0.25, 0.3) is 0 Å². The zero-order valence-electron chi connectivity index (χ0n) is 12.3. The molecule has 1 aromatic carbocycles. The van der Waals surface area contributed by atoms with Gasteiger partial charge in [0, 0.05) is 11.6 Å². The van der Waals surface area contributed by atoms with Crippen LogP contribution in [0, 0.1) is 5.92 Å². The molecule has 19 heavy (non-hydrogen) atoms. The van der Waals surface area contributed by atoms with Crippen molar-refractivity contribution in [2.45, 2.75) is 58.4 Å². The van der Waals surface area contributed by atoms with Gasteiger partial charge in [0.1, 0.15) is 0 Å². The standard InChI is InChI=1S/C17H25NO/c1-12(2)14-6-8-15(9-7-14)17(19)18-16-10-4-13(3)5-11-16/h6-9,12-13,16H,4-5,10-11H2,1-3H3,(H,18,19). The molecule has 0 spiro atoms. The van der Waals surface area contributed by atoms with Crippen molar-refractivity contribution in [3.05, 3.63) is 35.4 Å². The Bertz CT molecular complexity index is 413. The summed E-state index contributed by atoms with van der Waals surface area (Å²) in [6, 6.07) is 8.37. The van der Waals surface area contributed by atoms with Gasteiger partial charge in [-0.3, -0.25) is 4.79 Å². The van der Waals surface area contributed by atoms with E-state index in [1.54, 1.807) is 0 Å². The summed E-state index contributed by atoms with van der Waals surface area (Å²) in [6.45, 7) is 6.62. The number of carbonyl (C=O) groups is 1. The van der Waals surface area contributed by atoms with Crippen LogP contribution < -0.4 is 5.32 Å². The lowest BCUT2D eigenvalue weighted by atomic mass is 9.87. The van der Waals surface area contributed by atoms with Crippen LogP contribution in [-0.2, 0) is 0 Å². The minimum atomic E-state index is 0.0786. The predicted molar refractivity (Wildman–Crippen MR) is 79.4 cm³/mol. The van der Waals surface area contributed by atoms with E-state index in [0.717, 1.165) is 24.3 Å². The van der Waals surface area contributed by atoms with Crippen LogP contribution >= 0.6 is 0 Å². The zero-order valence-corrected chi connectivity index (χ0v) is 12.3. The molecule has 1 aliphatic carbocycles. The Morgan fingerprint density at radius 3 is 2.21 bits per heavy atom. The fourth-order valence-corrected chi connectivity index (χ4v) is 2.69. The lowest BCUT2D eigenvalue weighted by Crippen LogP contribution is -2.37. The molecule has 0 atom stereocenters. The molecular formula is C17H25NO. The second-order valence-electron chi connectivity index (χ2n) is 6.21. The molecule has 0 aliphatic heterocycles. The second kappa shape index (κ2) is 6.23. The van der Waals surface area contributed by atoms with Crippen molar-refractivity contribution in [1.29, 1.82) is 0 Å². The van der Waals surface area contributed by atoms with Gasteiger partial charge in [0.05, 0.1) is 0 Å². The Morgan fingerprint density at radius 1 is 1.11 bits per heavy atom. The number of carbonyl (C=O) groups excluding carboxylic acids is 1. The van der Waals surface area contributed by atoms with Gasteiger partial charge in [0.15, 0.2) is 0 Å². The molecule has 0 unspecified atom stereocenters. The number of amides is 1. The van der Waals surface area contributed by atoms with Gasteiger partial charge in [-0.1, -0.05) is 32.9 Å². The Morgan fingerprint density at radius 2 is 1.68 bits per heavy atom. The van der Waals surface area contributed by atoms with Crippen LogP contribution in [0.1, 0.15) is 68.3 Å². The number of nitrogens with one attached hydrogen (secondary N) is 1. The summed E-state index contributed by atoms with van der Waals surface area (Å²) in [5, 5.41) is 3.17. The minimum absolute atomic E-state index is 0.0786. The summed E-state index contributed by atoms with van der Waals surface area (Å²) in [7, 11) is 0. The summed E-state index contributed by atoms with van der Waals surface area (Å²) in [6.07, 6.45) is 4.71. The van der Waals surface area contributed by atoms with Crippen LogP contribution in [0.2, 0.25) is 0 Å². The molecule has 2 rings (SSSR count). The Hall–Kier alpha value is -1.31. The lowest BCUT2D eigenvalue weighted by molar-refractivity contribution is 0.0923. The van der Waals surface area contributed by atoms with E-state index in [2.05, 4.69) is 38.2 Å². The van der Waals surface area contributed by atoms with Gasteiger partial charge in [0.2, 0.25) is 0 Å². The van der Waals surface area contributed by atoms with Crippen LogP contribution in [0.5, 0.6) is 0 Å². The van der Waals surface area contributed by atoms with E-state index >= 15 is 0 Å². The zero-order chi connectivity index (χ0) is 13.8. The average molecular weight is 259 g/mol. The Balaban J connectivity index is 1.92. The summed E-state index contributed by atoms with van der Waals surface area (Å²) in [5.74, 6) is 1.41. The van der Waals surface area contributed by atoms with E-state index in [9.17, 15) is 4.79 Å². The normalized spacial score (nSPS) is 23.4.